The van der Waals surface area contributed by atoms with Crippen molar-refractivity contribution in [2.75, 3.05) is 26.2 Å². The van der Waals surface area contributed by atoms with Gasteiger partial charge in [-0.2, -0.15) is 5.10 Å². The maximum atomic E-state index is 12.6. The lowest BCUT2D eigenvalue weighted by molar-refractivity contribution is -0.144. The zero-order valence-electron chi connectivity index (χ0n) is 13.5. The first kappa shape index (κ1) is 15.5. The molecule has 122 valence electrons. The van der Waals surface area contributed by atoms with E-state index in [0.717, 1.165) is 25.9 Å². The number of carbonyl (C=O) groups excluding carboxylic acids is 1. The molecule has 3 heterocycles. The molecule has 2 saturated heterocycles. The van der Waals surface area contributed by atoms with Crippen LogP contribution in [0, 0.1) is 0 Å². The number of rotatable bonds is 4. The summed E-state index contributed by atoms with van der Waals surface area (Å²) in [6.07, 6.45) is 6.36. The summed E-state index contributed by atoms with van der Waals surface area (Å²) in [4.78, 5) is 16.9. The predicted molar refractivity (Wildman–Crippen MR) is 83.4 cm³/mol. The van der Waals surface area contributed by atoms with Gasteiger partial charge in [0.15, 0.2) is 0 Å². The first-order valence-electron chi connectivity index (χ1n) is 8.26. The second-order valence-electron chi connectivity index (χ2n) is 6.55. The highest BCUT2D eigenvalue weighted by Gasteiger charge is 2.31. The van der Waals surface area contributed by atoms with Crippen molar-refractivity contribution in [1.82, 2.24) is 19.6 Å². The second kappa shape index (κ2) is 6.79. The van der Waals surface area contributed by atoms with Gasteiger partial charge in [0.2, 0.25) is 5.91 Å². The molecule has 0 unspecified atom stereocenters. The molecule has 3 atom stereocenters. The molecule has 6 nitrogen and oxygen atoms in total. The number of carbonyl (C=O) groups is 1. The topological polar surface area (TPSA) is 50.6 Å². The van der Waals surface area contributed by atoms with Crippen LogP contribution in [0.5, 0.6) is 0 Å². The summed E-state index contributed by atoms with van der Waals surface area (Å²) < 4.78 is 7.67. The van der Waals surface area contributed by atoms with Crippen LogP contribution in [0.2, 0.25) is 0 Å². The van der Waals surface area contributed by atoms with Crippen LogP contribution >= 0.6 is 0 Å². The lowest BCUT2D eigenvalue weighted by atomic mass is 10.2. The van der Waals surface area contributed by atoms with Crippen molar-refractivity contribution in [2.24, 2.45) is 0 Å². The molecule has 0 aliphatic carbocycles. The van der Waals surface area contributed by atoms with E-state index >= 15 is 0 Å². The zero-order valence-corrected chi connectivity index (χ0v) is 13.5. The molecule has 2 fully saturated rings. The average Bonchev–Trinajstić information content (AvgIpc) is 3.11. The fourth-order valence-electron chi connectivity index (χ4n) is 3.59. The van der Waals surface area contributed by atoms with Crippen molar-refractivity contribution in [1.29, 1.82) is 0 Å². The summed E-state index contributed by atoms with van der Waals surface area (Å²) in [5.41, 5.74) is 0. The third kappa shape index (κ3) is 3.67. The second-order valence-corrected chi connectivity index (χ2v) is 6.55. The van der Waals surface area contributed by atoms with E-state index in [-0.39, 0.29) is 18.1 Å². The Labute approximate surface area is 132 Å². The van der Waals surface area contributed by atoms with Crippen molar-refractivity contribution < 1.29 is 9.53 Å². The van der Waals surface area contributed by atoms with Crippen LogP contribution in [-0.4, -0.2) is 69.9 Å². The Balaban J connectivity index is 1.55. The summed E-state index contributed by atoms with van der Waals surface area (Å²) in [5, 5.41) is 4.28. The van der Waals surface area contributed by atoms with Gasteiger partial charge in [-0.15, -0.1) is 0 Å². The highest BCUT2D eigenvalue weighted by molar-refractivity contribution is 5.78. The molecule has 2 aliphatic rings. The minimum Gasteiger partial charge on any atom is -0.372 e. The van der Waals surface area contributed by atoms with E-state index in [1.54, 1.807) is 6.20 Å². The molecule has 0 N–H and O–H groups in total. The van der Waals surface area contributed by atoms with Gasteiger partial charge in [0.05, 0.1) is 25.3 Å². The average molecular weight is 306 g/mol. The summed E-state index contributed by atoms with van der Waals surface area (Å²) in [6, 6.07) is 2.36. The first-order valence-corrected chi connectivity index (χ1v) is 8.26. The largest absolute Gasteiger partial charge is 0.372 e. The molecule has 0 saturated carbocycles. The van der Waals surface area contributed by atoms with Crippen molar-refractivity contribution in [3.8, 4) is 0 Å². The van der Waals surface area contributed by atoms with Crippen molar-refractivity contribution in [3.63, 3.8) is 0 Å². The minimum atomic E-state index is 0.131. The fourth-order valence-corrected chi connectivity index (χ4v) is 3.59. The Morgan fingerprint density at radius 2 is 2.09 bits per heavy atom. The summed E-state index contributed by atoms with van der Waals surface area (Å²) in [7, 11) is 0. The lowest BCUT2D eigenvalue weighted by Crippen LogP contribution is -2.51. The van der Waals surface area contributed by atoms with E-state index in [9.17, 15) is 4.79 Å². The molecule has 22 heavy (non-hydrogen) atoms. The van der Waals surface area contributed by atoms with Gasteiger partial charge >= 0.3 is 0 Å². The molecule has 1 aromatic heterocycles. The van der Waals surface area contributed by atoms with Crippen LogP contribution in [0.4, 0.5) is 0 Å². The van der Waals surface area contributed by atoms with E-state index in [0.29, 0.717) is 25.7 Å². The van der Waals surface area contributed by atoms with Crippen molar-refractivity contribution in [3.05, 3.63) is 18.5 Å². The van der Waals surface area contributed by atoms with E-state index in [4.69, 9.17) is 4.74 Å². The van der Waals surface area contributed by atoms with Gasteiger partial charge in [0.25, 0.3) is 0 Å². The van der Waals surface area contributed by atoms with Crippen LogP contribution in [0.25, 0.3) is 0 Å². The van der Waals surface area contributed by atoms with E-state index in [1.165, 1.54) is 0 Å². The van der Waals surface area contributed by atoms with E-state index in [1.807, 2.05) is 35.7 Å². The molecule has 6 heteroatoms. The standard InChI is InChI=1S/C16H26N4O2/c1-13-9-19(10-14(2)22-13)16(21)12-18-7-3-5-15(18)11-20-8-4-6-17-20/h4,6,8,13-15H,3,5,7,9-12H2,1-2H3/t13-,14-,15+/m1/s1. The Bertz CT molecular complexity index is 480. The Hall–Kier alpha value is -1.40. The van der Waals surface area contributed by atoms with Crippen molar-refractivity contribution >= 4 is 5.91 Å². The van der Waals surface area contributed by atoms with Gasteiger partial charge in [-0.3, -0.25) is 14.4 Å². The number of aromatic nitrogens is 2. The number of amides is 1. The number of morpholine rings is 1. The lowest BCUT2D eigenvalue weighted by Gasteiger charge is -2.36. The minimum absolute atomic E-state index is 0.131. The highest BCUT2D eigenvalue weighted by atomic mass is 16.5. The fraction of sp³-hybridized carbons (Fsp3) is 0.750. The molecule has 3 rings (SSSR count). The molecule has 0 aromatic carbocycles. The van der Waals surface area contributed by atoms with Gasteiger partial charge in [-0.05, 0) is 39.3 Å². The zero-order chi connectivity index (χ0) is 15.5. The number of likely N-dealkylation sites (tertiary alicyclic amines) is 1. The number of hydrogen-bond acceptors (Lipinski definition) is 4. The van der Waals surface area contributed by atoms with Crippen LogP contribution in [0.15, 0.2) is 18.5 Å². The molecular weight excluding hydrogens is 280 g/mol. The molecule has 0 spiro atoms. The smallest absolute Gasteiger partial charge is 0.236 e. The van der Waals surface area contributed by atoms with Crippen LogP contribution < -0.4 is 0 Å². The van der Waals surface area contributed by atoms with Gasteiger partial charge in [-0.1, -0.05) is 0 Å². The summed E-state index contributed by atoms with van der Waals surface area (Å²) >= 11 is 0. The van der Waals surface area contributed by atoms with Gasteiger partial charge < -0.3 is 9.64 Å². The third-order valence-electron chi connectivity index (χ3n) is 4.57. The van der Waals surface area contributed by atoms with Gasteiger partial charge in [0.1, 0.15) is 0 Å². The highest BCUT2D eigenvalue weighted by Crippen LogP contribution is 2.19. The maximum absolute atomic E-state index is 12.6. The normalized spacial score (nSPS) is 29.9. The maximum Gasteiger partial charge on any atom is 0.236 e. The van der Waals surface area contributed by atoms with Crippen LogP contribution in [0.1, 0.15) is 26.7 Å². The SMILES string of the molecule is C[C@@H]1CN(C(=O)CN2CCC[C@H]2Cn2cccn2)C[C@@H](C)O1. The van der Waals surface area contributed by atoms with Gasteiger partial charge in [0, 0.05) is 31.5 Å². The quantitative estimate of drug-likeness (QED) is 0.832. The van der Waals surface area contributed by atoms with E-state index in [2.05, 4.69) is 10.00 Å². The third-order valence-corrected chi connectivity index (χ3v) is 4.57. The van der Waals surface area contributed by atoms with Crippen LogP contribution in [0.3, 0.4) is 0 Å². The molecular formula is C16H26N4O2. The monoisotopic (exact) mass is 306 g/mol. The first-order chi connectivity index (χ1) is 10.6. The number of nitrogens with zero attached hydrogens (tertiary/aromatic N) is 4. The molecule has 2 aliphatic heterocycles. The number of ether oxygens (including phenoxy) is 1. The summed E-state index contributed by atoms with van der Waals surface area (Å²) in [5.74, 6) is 0.231. The Morgan fingerprint density at radius 1 is 1.32 bits per heavy atom. The Kier molecular flexibility index (Phi) is 4.78. The summed E-state index contributed by atoms with van der Waals surface area (Å²) in [6.45, 7) is 7.88. The number of hydrogen-bond donors (Lipinski definition) is 0. The molecule has 0 bridgehead atoms. The molecule has 1 amide bonds. The molecule has 1 aromatic rings. The van der Waals surface area contributed by atoms with Crippen molar-refractivity contribution in [2.45, 2.75) is 51.5 Å². The molecule has 0 radical (unpaired) electrons. The van der Waals surface area contributed by atoms with Gasteiger partial charge in [-0.25, -0.2) is 0 Å². The van der Waals surface area contributed by atoms with E-state index < -0.39 is 0 Å². The Morgan fingerprint density at radius 3 is 2.77 bits per heavy atom. The predicted octanol–water partition coefficient (Wildman–Crippen LogP) is 0.983. The van der Waals surface area contributed by atoms with Crippen LogP contribution in [-0.2, 0) is 16.1 Å².